The molecule has 1 amide bonds. The van der Waals surface area contributed by atoms with E-state index < -0.39 is 12.3 Å². The molecule has 3 aromatic carbocycles. The molecule has 1 aromatic heterocycles. The number of hydrogen-bond donors (Lipinski definition) is 2. The number of hydrazine groups is 1. The number of nitrogens with one attached hydrogen (secondary N) is 1. The Morgan fingerprint density at radius 1 is 1.00 bits per heavy atom. The van der Waals surface area contributed by atoms with Gasteiger partial charge in [-0.1, -0.05) is 36.4 Å². The molecule has 0 aliphatic heterocycles. The van der Waals surface area contributed by atoms with Crippen LogP contribution in [0.2, 0.25) is 0 Å². The molecule has 4 aromatic rings. The largest absolute Gasteiger partial charge is 0.573 e. The average Bonchev–Trinajstić information content (AvgIpc) is 3.00. The predicted octanol–water partition coefficient (Wildman–Crippen LogP) is 4.34. The standard InChI is InChI=1S/C21H16F3N3O2/c22-21(23,24)29-14-6-3-5-13(11-14)12-27-17-9-2-1-7-15(17)19-16(20(28)26-25)8-4-10-18(19)27/h1-11H,12,25H2,(H,26,28). The maximum atomic E-state index is 12.5. The molecule has 0 atom stereocenters. The van der Waals surface area contributed by atoms with Gasteiger partial charge in [0.2, 0.25) is 0 Å². The lowest BCUT2D eigenvalue weighted by molar-refractivity contribution is -0.274. The number of carbonyl (C=O) groups is 1. The number of nitrogens with two attached hydrogens (primary N) is 1. The quantitative estimate of drug-likeness (QED) is 0.305. The lowest BCUT2D eigenvalue weighted by atomic mass is 10.1. The second kappa shape index (κ2) is 7.14. The number of nitrogen functional groups attached to an aromatic ring is 1. The zero-order valence-corrected chi connectivity index (χ0v) is 15.0. The summed E-state index contributed by atoms with van der Waals surface area (Å²) >= 11 is 0. The third-order valence-electron chi connectivity index (χ3n) is 4.65. The van der Waals surface area contributed by atoms with Crippen LogP contribution in [0.4, 0.5) is 13.2 Å². The molecule has 5 nitrogen and oxygen atoms in total. The van der Waals surface area contributed by atoms with Gasteiger partial charge in [-0.15, -0.1) is 13.2 Å². The van der Waals surface area contributed by atoms with Crippen LogP contribution in [-0.4, -0.2) is 16.8 Å². The number of carbonyl (C=O) groups excluding carboxylic acids is 1. The summed E-state index contributed by atoms with van der Waals surface area (Å²) in [4.78, 5) is 12.2. The Morgan fingerprint density at radius 3 is 2.48 bits per heavy atom. The number of aromatic nitrogens is 1. The van der Waals surface area contributed by atoms with Crippen molar-refractivity contribution in [3.8, 4) is 5.75 Å². The first-order valence-electron chi connectivity index (χ1n) is 8.73. The number of rotatable bonds is 4. The number of halogens is 3. The lowest BCUT2D eigenvalue weighted by Crippen LogP contribution is -2.30. The van der Waals surface area contributed by atoms with E-state index in [1.807, 2.05) is 34.9 Å². The van der Waals surface area contributed by atoms with Gasteiger partial charge in [-0.3, -0.25) is 10.2 Å². The van der Waals surface area contributed by atoms with Crippen LogP contribution in [0.3, 0.4) is 0 Å². The number of benzene rings is 3. The fourth-order valence-corrected chi connectivity index (χ4v) is 3.56. The van der Waals surface area contributed by atoms with Crippen LogP contribution < -0.4 is 16.0 Å². The van der Waals surface area contributed by atoms with Crippen molar-refractivity contribution in [2.75, 3.05) is 0 Å². The van der Waals surface area contributed by atoms with Crippen molar-refractivity contribution >= 4 is 27.7 Å². The molecule has 0 fully saturated rings. The third kappa shape index (κ3) is 3.62. The Bertz CT molecular complexity index is 1210. The highest BCUT2D eigenvalue weighted by atomic mass is 19.4. The number of alkyl halides is 3. The van der Waals surface area contributed by atoms with Crippen molar-refractivity contribution in [1.29, 1.82) is 0 Å². The SMILES string of the molecule is NNC(=O)c1cccc2c1c1ccccc1n2Cc1cccc(OC(F)(F)F)c1. The van der Waals surface area contributed by atoms with Crippen molar-refractivity contribution in [2.24, 2.45) is 5.84 Å². The number of fused-ring (bicyclic) bond motifs is 3. The molecular formula is C21H16F3N3O2. The van der Waals surface area contributed by atoms with Gasteiger partial charge in [0.1, 0.15) is 5.75 Å². The summed E-state index contributed by atoms with van der Waals surface area (Å²) in [5.74, 6) is 4.63. The molecule has 8 heteroatoms. The van der Waals surface area contributed by atoms with Gasteiger partial charge in [-0.25, -0.2) is 5.84 Å². The number of para-hydroxylation sites is 1. The number of amides is 1. The van der Waals surface area contributed by atoms with Gasteiger partial charge in [0.15, 0.2) is 0 Å². The summed E-state index contributed by atoms with van der Waals surface area (Å²) < 4.78 is 43.6. The minimum atomic E-state index is -4.75. The molecule has 1 heterocycles. The van der Waals surface area contributed by atoms with E-state index in [9.17, 15) is 18.0 Å². The average molecular weight is 399 g/mol. The minimum absolute atomic E-state index is 0.279. The normalized spacial score (nSPS) is 11.7. The van der Waals surface area contributed by atoms with E-state index in [4.69, 9.17) is 5.84 Å². The molecule has 29 heavy (non-hydrogen) atoms. The van der Waals surface area contributed by atoms with Gasteiger partial charge in [0, 0.05) is 22.8 Å². The lowest BCUT2D eigenvalue weighted by Gasteiger charge is -2.12. The molecular weight excluding hydrogens is 383 g/mol. The molecule has 0 spiro atoms. The van der Waals surface area contributed by atoms with Gasteiger partial charge in [-0.2, -0.15) is 0 Å². The summed E-state index contributed by atoms with van der Waals surface area (Å²) in [6.07, 6.45) is -4.75. The van der Waals surface area contributed by atoms with Crippen molar-refractivity contribution < 1.29 is 22.7 Å². The maximum Gasteiger partial charge on any atom is 0.573 e. The topological polar surface area (TPSA) is 69.3 Å². The predicted molar refractivity (Wildman–Crippen MR) is 103 cm³/mol. The highest BCUT2D eigenvalue weighted by molar-refractivity contribution is 6.18. The van der Waals surface area contributed by atoms with Crippen LogP contribution in [-0.2, 0) is 6.54 Å². The fraction of sp³-hybridized carbons (Fsp3) is 0.0952. The van der Waals surface area contributed by atoms with Crippen LogP contribution in [0.5, 0.6) is 5.75 Å². The monoisotopic (exact) mass is 399 g/mol. The number of nitrogens with zero attached hydrogens (tertiary/aromatic N) is 1. The Labute approximate surface area is 163 Å². The van der Waals surface area contributed by atoms with E-state index in [0.717, 1.165) is 21.8 Å². The highest BCUT2D eigenvalue weighted by Gasteiger charge is 2.31. The van der Waals surface area contributed by atoms with Gasteiger partial charge in [-0.05, 0) is 35.9 Å². The van der Waals surface area contributed by atoms with Crippen molar-refractivity contribution in [3.63, 3.8) is 0 Å². The van der Waals surface area contributed by atoms with Crippen LogP contribution >= 0.6 is 0 Å². The Morgan fingerprint density at radius 2 is 1.72 bits per heavy atom. The second-order valence-corrected chi connectivity index (χ2v) is 6.47. The van der Waals surface area contributed by atoms with E-state index in [2.05, 4.69) is 10.2 Å². The summed E-state index contributed by atoms with van der Waals surface area (Å²) in [6, 6.07) is 18.6. The minimum Gasteiger partial charge on any atom is -0.406 e. The highest BCUT2D eigenvalue weighted by Crippen LogP contribution is 2.33. The maximum absolute atomic E-state index is 12.5. The first-order chi connectivity index (χ1) is 13.9. The van der Waals surface area contributed by atoms with Crippen LogP contribution in [0.15, 0.2) is 66.7 Å². The van der Waals surface area contributed by atoms with E-state index in [0.29, 0.717) is 17.7 Å². The zero-order chi connectivity index (χ0) is 20.6. The first-order valence-corrected chi connectivity index (χ1v) is 8.73. The van der Waals surface area contributed by atoms with Crippen LogP contribution in [0.25, 0.3) is 21.8 Å². The molecule has 0 radical (unpaired) electrons. The van der Waals surface area contributed by atoms with Crippen molar-refractivity contribution in [1.82, 2.24) is 9.99 Å². The smallest absolute Gasteiger partial charge is 0.406 e. The molecule has 0 saturated heterocycles. The molecule has 0 aliphatic rings. The molecule has 4 rings (SSSR count). The van der Waals surface area contributed by atoms with Gasteiger partial charge in [0.05, 0.1) is 11.1 Å². The van der Waals surface area contributed by atoms with E-state index in [1.54, 1.807) is 18.2 Å². The number of ether oxygens (including phenoxy) is 1. The zero-order valence-electron chi connectivity index (χ0n) is 15.0. The third-order valence-corrected chi connectivity index (χ3v) is 4.65. The fourth-order valence-electron chi connectivity index (χ4n) is 3.56. The first kappa shape index (κ1) is 18.8. The Balaban J connectivity index is 1.86. The molecule has 148 valence electrons. The van der Waals surface area contributed by atoms with E-state index in [1.165, 1.54) is 18.2 Å². The van der Waals surface area contributed by atoms with Crippen LogP contribution in [0, 0.1) is 0 Å². The van der Waals surface area contributed by atoms with Gasteiger partial charge < -0.3 is 9.30 Å². The molecule has 0 bridgehead atoms. The van der Waals surface area contributed by atoms with Gasteiger partial charge in [0.25, 0.3) is 5.91 Å². The second-order valence-electron chi connectivity index (χ2n) is 6.47. The van der Waals surface area contributed by atoms with Crippen molar-refractivity contribution in [3.05, 3.63) is 77.9 Å². The molecule has 0 unspecified atom stereocenters. The molecule has 0 aliphatic carbocycles. The van der Waals surface area contributed by atoms with E-state index >= 15 is 0 Å². The van der Waals surface area contributed by atoms with Gasteiger partial charge >= 0.3 is 6.36 Å². The molecule has 3 N–H and O–H groups in total. The summed E-state index contributed by atoms with van der Waals surface area (Å²) in [5, 5.41) is 1.58. The number of hydrogen-bond acceptors (Lipinski definition) is 3. The Kier molecular flexibility index (Phi) is 4.63. The summed E-state index contributed by atoms with van der Waals surface area (Å²) in [6.45, 7) is 0.298. The Hall–Kier alpha value is -3.52. The van der Waals surface area contributed by atoms with E-state index in [-0.39, 0.29) is 5.75 Å². The summed E-state index contributed by atoms with van der Waals surface area (Å²) in [5.41, 5.74) is 4.83. The molecule has 0 saturated carbocycles. The summed E-state index contributed by atoms with van der Waals surface area (Å²) in [7, 11) is 0. The van der Waals surface area contributed by atoms with Crippen LogP contribution in [0.1, 0.15) is 15.9 Å². The van der Waals surface area contributed by atoms with Crippen molar-refractivity contribution in [2.45, 2.75) is 12.9 Å².